The molecule has 1 saturated heterocycles. The van der Waals surface area contributed by atoms with Crippen molar-refractivity contribution in [2.45, 2.75) is 46.6 Å². The maximum absolute atomic E-state index is 12.9. The van der Waals surface area contributed by atoms with Crippen molar-refractivity contribution >= 4 is 17.5 Å². The van der Waals surface area contributed by atoms with Crippen LogP contribution in [0.1, 0.15) is 61.6 Å². The summed E-state index contributed by atoms with van der Waals surface area (Å²) in [5.41, 5.74) is 3.28. The smallest absolute Gasteiger partial charge is 0.274 e. The number of halogens is 1. The summed E-state index contributed by atoms with van der Waals surface area (Å²) < 4.78 is 6.16. The third-order valence-corrected chi connectivity index (χ3v) is 6.17. The summed E-state index contributed by atoms with van der Waals surface area (Å²) in [6.07, 6.45) is 6.43. The van der Waals surface area contributed by atoms with Gasteiger partial charge < -0.3 is 14.7 Å². The van der Waals surface area contributed by atoms with Crippen LogP contribution in [0.4, 0.5) is 0 Å². The van der Waals surface area contributed by atoms with Crippen molar-refractivity contribution in [1.29, 1.82) is 0 Å². The fourth-order valence-electron chi connectivity index (χ4n) is 4.24. The van der Waals surface area contributed by atoms with Crippen LogP contribution in [0.25, 0.3) is 0 Å². The maximum atomic E-state index is 12.9. The Hall–Kier alpha value is -2.63. The fourth-order valence-corrected chi connectivity index (χ4v) is 4.45. The number of carbonyl (C=O) groups excluding carboxylic acids is 1. The molecule has 0 bridgehead atoms. The molecule has 32 heavy (non-hydrogen) atoms. The first-order valence-corrected chi connectivity index (χ1v) is 11.4. The molecule has 0 spiro atoms. The number of hydrogen-bond donors (Lipinski definition) is 1. The minimum Gasteiger partial charge on any atom is -0.457 e. The molecule has 1 aliphatic heterocycles. The van der Waals surface area contributed by atoms with Gasteiger partial charge in [0.25, 0.3) is 5.91 Å². The van der Waals surface area contributed by atoms with E-state index >= 15 is 0 Å². The van der Waals surface area contributed by atoms with E-state index in [9.17, 15) is 9.90 Å². The molecule has 2 heterocycles. The number of ether oxygens (including phenoxy) is 1. The number of carbonyl (C=O) groups is 1. The Morgan fingerprint density at radius 3 is 2.72 bits per heavy atom. The fraction of sp³-hybridized carbons (Fsp3) is 0.385. The van der Waals surface area contributed by atoms with Gasteiger partial charge in [-0.25, -0.2) is 4.98 Å². The number of likely N-dealkylation sites (tertiary alicyclic amines) is 1. The van der Waals surface area contributed by atoms with Crippen LogP contribution in [0.2, 0.25) is 5.02 Å². The molecule has 0 aliphatic carbocycles. The van der Waals surface area contributed by atoms with Crippen molar-refractivity contribution in [3.8, 4) is 5.75 Å². The average molecular weight is 455 g/mol. The Labute approximate surface area is 195 Å². The van der Waals surface area contributed by atoms with E-state index in [0.29, 0.717) is 29.8 Å². The van der Waals surface area contributed by atoms with Gasteiger partial charge in [0.2, 0.25) is 0 Å². The van der Waals surface area contributed by atoms with Gasteiger partial charge in [0, 0.05) is 25.2 Å². The van der Waals surface area contributed by atoms with Gasteiger partial charge in [-0.05, 0) is 73.2 Å². The van der Waals surface area contributed by atoms with E-state index in [-0.39, 0.29) is 24.1 Å². The summed E-state index contributed by atoms with van der Waals surface area (Å²) in [6.45, 7) is 9.34. The molecule has 1 aromatic heterocycles. The number of aliphatic hydroxyl groups is 1. The molecule has 1 fully saturated rings. The maximum Gasteiger partial charge on any atom is 0.274 e. The summed E-state index contributed by atoms with van der Waals surface area (Å²) in [7, 11) is 0. The first-order chi connectivity index (χ1) is 15.4. The van der Waals surface area contributed by atoms with E-state index in [1.165, 1.54) is 0 Å². The van der Waals surface area contributed by atoms with Crippen molar-refractivity contribution in [2.24, 2.45) is 5.92 Å². The number of aliphatic hydroxyl groups excluding tert-OH is 1. The second-order valence-corrected chi connectivity index (χ2v) is 8.65. The van der Waals surface area contributed by atoms with Crippen LogP contribution in [0.15, 0.2) is 60.0 Å². The van der Waals surface area contributed by atoms with Crippen LogP contribution in [-0.4, -0.2) is 34.0 Å². The van der Waals surface area contributed by atoms with Gasteiger partial charge in [-0.2, -0.15) is 0 Å². The summed E-state index contributed by atoms with van der Waals surface area (Å²) in [5.74, 6) is 1.84. The van der Waals surface area contributed by atoms with E-state index < -0.39 is 0 Å². The molecule has 1 unspecified atom stereocenters. The van der Waals surface area contributed by atoms with E-state index in [4.69, 9.17) is 16.3 Å². The van der Waals surface area contributed by atoms with Gasteiger partial charge in [-0.1, -0.05) is 37.6 Å². The van der Waals surface area contributed by atoms with Crippen LogP contribution >= 0.6 is 11.6 Å². The predicted octanol–water partition coefficient (Wildman–Crippen LogP) is 5.74. The number of amides is 1. The van der Waals surface area contributed by atoms with Crippen LogP contribution in [0, 0.1) is 5.92 Å². The summed E-state index contributed by atoms with van der Waals surface area (Å²) in [5, 5.41) is 10.4. The lowest BCUT2D eigenvalue weighted by molar-refractivity contribution is 0.0785. The first-order valence-electron chi connectivity index (χ1n) is 11.0. The van der Waals surface area contributed by atoms with Gasteiger partial charge >= 0.3 is 0 Å². The number of allylic oxidation sites excluding steroid dienone is 3. The van der Waals surface area contributed by atoms with E-state index in [0.717, 1.165) is 28.9 Å². The molecule has 1 aliphatic rings. The summed E-state index contributed by atoms with van der Waals surface area (Å²) >= 11 is 6.16. The molecule has 5 nitrogen and oxygen atoms in total. The SMILES string of the molecule is C/C=C(\C(=C/C)Oc1ccc(C2CCN(C(=O)c3ncccc3Cl)C2)c(CO)c1)C(C)C. The number of hydrogen-bond acceptors (Lipinski definition) is 4. The lowest BCUT2D eigenvalue weighted by Gasteiger charge is -2.20. The normalized spacial score (nSPS) is 17.2. The zero-order valence-corrected chi connectivity index (χ0v) is 19.9. The largest absolute Gasteiger partial charge is 0.457 e. The minimum absolute atomic E-state index is 0.0884. The number of pyridine rings is 1. The third kappa shape index (κ3) is 5.22. The zero-order chi connectivity index (χ0) is 23.3. The average Bonchev–Trinajstić information content (AvgIpc) is 3.28. The highest BCUT2D eigenvalue weighted by atomic mass is 35.5. The van der Waals surface area contributed by atoms with Crippen LogP contribution < -0.4 is 4.74 Å². The van der Waals surface area contributed by atoms with Gasteiger partial charge in [-0.15, -0.1) is 0 Å². The van der Waals surface area contributed by atoms with Crippen molar-refractivity contribution in [2.75, 3.05) is 13.1 Å². The zero-order valence-electron chi connectivity index (χ0n) is 19.1. The molecular weight excluding hydrogens is 424 g/mol. The molecule has 1 N–H and O–H groups in total. The lowest BCUT2D eigenvalue weighted by atomic mass is 9.93. The highest BCUT2D eigenvalue weighted by molar-refractivity contribution is 6.33. The van der Waals surface area contributed by atoms with Gasteiger partial charge in [0.1, 0.15) is 17.2 Å². The molecular formula is C26H31ClN2O3. The molecule has 6 heteroatoms. The number of benzene rings is 1. The van der Waals surface area contributed by atoms with Gasteiger partial charge in [-0.3, -0.25) is 4.79 Å². The van der Waals surface area contributed by atoms with Crippen LogP contribution in [0.3, 0.4) is 0 Å². The second kappa shape index (κ2) is 10.8. The van der Waals surface area contributed by atoms with E-state index in [2.05, 4.69) is 24.9 Å². The Morgan fingerprint density at radius 2 is 2.09 bits per heavy atom. The van der Waals surface area contributed by atoms with Crippen LogP contribution in [0.5, 0.6) is 5.75 Å². The van der Waals surface area contributed by atoms with Crippen molar-refractivity contribution in [3.05, 3.63) is 81.9 Å². The Bertz CT molecular complexity index is 1030. The molecule has 2 aromatic rings. The molecule has 0 saturated carbocycles. The molecule has 1 aromatic carbocycles. The predicted molar refractivity (Wildman–Crippen MR) is 128 cm³/mol. The summed E-state index contributed by atoms with van der Waals surface area (Å²) in [6, 6.07) is 9.22. The van der Waals surface area contributed by atoms with E-state index in [1.54, 1.807) is 23.2 Å². The van der Waals surface area contributed by atoms with E-state index in [1.807, 2.05) is 38.1 Å². The lowest BCUT2D eigenvalue weighted by Crippen LogP contribution is -2.29. The minimum atomic E-state index is -0.158. The number of rotatable bonds is 7. The molecule has 170 valence electrons. The second-order valence-electron chi connectivity index (χ2n) is 8.24. The standard InChI is InChI=1S/C26H31ClN2O3/c1-5-21(17(3)4)24(6-2)32-20-9-10-22(19(14-20)16-30)18-11-13-29(15-18)26(31)25-23(27)8-7-12-28-25/h5-10,12,14,17-18,30H,11,13,15-16H2,1-4H3/b21-5-,24-6+. The van der Waals surface area contributed by atoms with Crippen molar-refractivity contribution in [3.63, 3.8) is 0 Å². The first kappa shape index (κ1) is 24.0. The van der Waals surface area contributed by atoms with Gasteiger partial charge in [0.05, 0.1) is 11.6 Å². The van der Waals surface area contributed by atoms with Crippen LogP contribution in [-0.2, 0) is 6.61 Å². The topological polar surface area (TPSA) is 62.7 Å². The molecule has 1 atom stereocenters. The van der Waals surface area contributed by atoms with Gasteiger partial charge in [0.15, 0.2) is 0 Å². The molecule has 3 rings (SSSR count). The highest BCUT2D eigenvalue weighted by Crippen LogP contribution is 2.34. The summed E-state index contributed by atoms with van der Waals surface area (Å²) in [4.78, 5) is 18.8. The Kier molecular flexibility index (Phi) is 8.10. The number of aromatic nitrogens is 1. The highest BCUT2D eigenvalue weighted by Gasteiger charge is 2.30. The third-order valence-electron chi connectivity index (χ3n) is 5.87. The Morgan fingerprint density at radius 1 is 1.31 bits per heavy atom. The molecule has 1 amide bonds. The monoisotopic (exact) mass is 454 g/mol. The quantitative estimate of drug-likeness (QED) is 0.428. The molecule has 0 radical (unpaired) electrons. The van der Waals surface area contributed by atoms with Crippen molar-refractivity contribution < 1.29 is 14.6 Å². The Balaban J connectivity index is 1.77. The van der Waals surface area contributed by atoms with Crippen molar-refractivity contribution in [1.82, 2.24) is 9.88 Å². The number of nitrogens with zero attached hydrogens (tertiary/aromatic N) is 2.